The predicted molar refractivity (Wildman–Crippen MR) is 46.0 cm³/mol. The van der Waals surface area contributed by atoms with Gasteiger partial charge in [0.05, 0.1) is 0 Å². The molecule has 0 bridgehead atoms. The fraction of sp³-hybridized carbons (Fsp3) is 0. The summed E-state index contributed by atoms with van der Waals surface area (Å²) < 4.78 is 0. The molecule has 0 unspecified atom stereocenters. The summed E-state index contributed by atoms with van der Waals surface area (Å²) in [5.41, 5.74) is 6.50. The van der Waals surface area contributed by atoms with E-state index >= 15 is 0 Å². The number of rotatable bonds is 0. The summed E-state index contributed by atoms with van der Waals surface area (Å²) in [6.45, 7) is 0. The molecule has 4 heteroatoms. The first-order valence-electron chi connectivity index (χ1n) is 3.35. The number of nitrogen functional groups attached to an aromatic ring is 1. The molecule has 12 heavy (non-hydrogen) atoms. The minimum absolute atomic E-state index is 0.435. The fourth-order valence-electron chi connectivity index (χ4n) is 1.10. The molecule has 1 heterocycles. The highest BCUT2D eigenvalue weighted by atomic mass is 32.2. The minimum Gasteiger partial charge on any atom is -0.398 e. The molecule has 0 spiro atoms. The fourth-order valence-corrected chi connectivity index (χ4v) is 1.94. The van der Waals surface area contributed by atoms with Gasteiger partial charge in [-0.25, -0.2) is 0 Å². The van der Waals surface area contributed by atoms with Crippen LogP contribution in [0.15, 0.2) is 23.1 Å². The van der Waals surface area contributed by atoms with Crippen molar-refractivity contribution in [1.29, 1.82) is 0 Å². The summed E-state index contributed by atoms with van der Waals surface area (Å²) in [7, 11) is 0. The third-order valence-corrected chi connectivity index (χ3v) is 2.70. The van der Waals surface area contributed by atoms with Crippen molar-refractivity contribution in [3.63, 3.8) is 0 Å². The highest BCUT2D eigenvalue weighted by molar-refractivity contribution is 8.16. The highest BCUT2D eigenvalue weighted by Crippen LogP contribution is 2.36. The van der Waals surface area contributed by atoms with Gasteiger partial charge in [-0.05, 0) is 23.9 Å². The normalized spacial score (nSPS) is 15.0. The number of benzene rings is 1. The number of thioether (sulfide) groups is 1. The van der Waals surface area contributed by atoms with Crippen LogP contribution in [0.3, 0.4) is 0 Å². The monoisotopic (exact) mass is 179 g/mol. The van der Waals surface area contributed by atoms with Gasteiger partial charge in [-0.2, -0.15) is 0 Å². The van der Waals surface area contributed by atoms with Crippen LogP contribution in [0.2, 0.25) is 0 Å². The van der Waals surface area contributed by atoms with Crippen molar-refractivity contribution in [3.8, 4) is 0 Å². The lowest BCUT2D eigenvalue weighted by Gasteiger charge is -1.97. The standard InChI is InChI=1S/C8H5NO2S/c9-5-3-1-2-4-6(10)8(11)12-7(4)5/h1-3H,9H2. The predicted octanol–water partition coefficient (Wildman–Crippen LogP) is 1.08. The second-order valence-electron chi connectivity index (χ2n) is 2.44. The second kappa shape index (κ2) is 2.35. The number of hydrogen-bond donors (Lipinski definition) is 1. The maximum absolute atomic E-state index is 11.1. The zero-order valence-electron chi connectivity index (χ0n) is 6.03. The molecule has 1 aliphatic rings. The van der Waals surface area contributed by atoms with Crippen LogP contribution in [0.5, 0.6) is 0 Å². The molecule has 0 fully saturated rings. The molecule has 0 atom stereocenters. The molecule has 2 rings (SSSR count). The molecular formula is C8H5NO2S. The van der Waals surface area contributed by atoms with E-state index in [1.807, 2.05) is 0 Å². The van der Waals surface area contributed by atoms with E-state index < -0.39 is 10.9 Å². The number of fused-ring (bicyclic) bond motifs is 1. The van der Waals surface area contributed by atoms with Gasteiger partial charge in [-0.3, -0.25) is 9.59 Å². The molecule has 0 saturated carbocycles. The van der Waals surface area contributed by atoms with Gasteiger partial charge in [0, 0.05) is 16.1 Å². The second-order valence-corrected chi connectivity index (χ2v) is 3.43. The summed E-state index contributed by atoms with van der Waals surface area (Å²) in [6.07, 6.45) is 0. The molecule has 0 amide bonds. The zero-order valence-corrected chi connectivity index (χ0v) is 6.85. The van der Waals surface area contributed by atoms with Gasteiger partial charge in [0.1, 0.15) is 0 Å². The minimum atomic E-state index is -0.442. The first-order chi connectivity index (χ1) is 5.70. The van der Waals surface area contributed by atoms with E-state index in [2.05, 4.69) is 0 Å². The highest BCUT2D eigenvalue weighted by Gasteiger charge is 2.30. The Bertz CT molecular complexity index is 387. The first kappa shape index (κ1) is 7.36. The maximum atomic E-state index is 11.1. The van der Waals surface area contributed by atoms with Crippen LogP contribution in [0.25, 0.3) is 0 Å². The van der Waals surface area contributed by atoms with E-state index in [-0.39, 0.29) is 0 Å². The lowest BCUT2D eigenvalue weighted by Crippen LogP contribution is -2.02. The molecule has 2 N–H and O–H groups in total. The van der Waals surface area contributed by atoms with E-state index in [0.29, 0.717) is 16.1 Å². The average molecular weight is 179 g/mol. The molecule has 1 aliphatic heterocycles. The number of Topliss-reactive ketones (excluding diaryl/α,β-unsaturated/α-hetero) is 1. The Morgan fingerprint density at radius 1 is 1.25 bits per heavy atom. The Morgan fingerprint density at radius 3 is 2.67 bits per heavy atom. The molecule has 3 nitrogen and oxygen atoms in total. The van der Waals surface area contributed by atoms with Gasteiger partial charge in [0.15, 0.2) is 0 Å². The van der Waals surface area contributed by atoms with Crippen LogP contribution in [0, 0.1) is 0 Å². The van der Waals surface area contributed by atoms with Crippen LogP contribution in [0.4, 0.5) is 5.69 Å². The van der Waals surface area contributed by atoms with Gasteiger partial charge in [0.25, 0.3) is 5.12 Å². The van der Waals surface area contributed by atoms with Crippen LogP contribution in [-0.2, 0) is 4.79 Å². The third-order valence-electron chi connectivity index (χ3n) is 1.67. The van der Waals surface area contributed by atoms with Crippen molar-refractivity contribution < 1.29 is 9.59 Å². The van der Waals surface area contributed by atoms with Crippen molar-refractivity contribution in [2.75, 3.05) is 5.73 Å². The Morgan fingerprint density at radius 2 is 2.00 bits per heavy atom. The summed E-state index contributed by atoms with van der Waals surface area (Å²) in [4.78, 5) is 22.7. The van der Waals surface area contributed by atoms with Gasteiger partial charge in [-0.15, -0.1) is 0 Å². The van der Waals surface area contributed by atoms with Crippen molar-refractivity contribution in [3.05, 3.63) is 23.8 Å². The largest absolute Gasteiger partial charge is 0.398 e. The molecular weight excluding hydrogens is 174 g/mol. The Kier molecular flexibility index (Phi) is 1.44. The Hall–Kier alpha value is -1.29. The molecule has 0 aliphatic carbocycles. The third kappa shape index (κ3) is 0.848. The average Bonchev–Trinajstić information content (AvgIpc) is 2.32. The summed E-state index contributed by atoms with van der Waals surface area (Å²) >= 11 is 0.912. The van der Waals surface area contributed by atoms with Gasteiger partial charge >= 0.3 is 0 Å². The quantitative estimate of drug-likeness (QED) is 0.478. The van der Waals surface area contributed by atoms with Crippen LogP contribution >= 0.6 is 11.8 Å². The summed E-state index contributed by atoms with van der Waals surface area (Å²) in [6, 6.07) is 4.97. The Labute approximate surface area is 72.9 Å². The smallest absolute Gasteiger partial charge is 0.264 e. The molecule has 60 valence electrons. The molecule has 0 saturated heterocycles. The first-order valence-corrected chi connectivity index (χ1v) is 4.17. The van der Waals surface area contributed by atoms with Crippen molar-refractivity contribution in [2.24, 2.45) is 0 Å². The van der Waals surface area contributed by atoms with E-state index in [0.717, 1.165) is 11.8 Å². The van der Waals surface area contributed by atoms with Crippen LogP contribution in [-0.4, -0.2) is 10.9 Å². The maximum Gasteiger partial charge on any atom is 0.264 e. The van der Waals surface area contributed by atoms with Gasteiger partial charge < -0.3 is 5.73 Å². The van der Waals surface area contributed by atoms with Crippen molar-refractivity contribution in [1.82, 2.24) is 0 Å². The number of anilines is 1. The number of carbonyl (C=O) groups is 2. The van der Waals surface area contributed by atoms with Crippen LogP contribution in [0.1, 0.15) is 10.4 Å². The number of carbonyl (C=O) groups excluding carboxylic acids is 2. The number of hydrogen-bond acceptors (Lipinski definition) is 4. The summed E-state index contributed by atoms with van der Waals surface area (Å²) in [5, 5.41) is -0.442. The SMILES string of the molecule is Nc1cccc2c1SC(=O)C2=O. The number of ketones is 1. The molecule has 0 aromatic heterocycles. The molecule has 1 aromatic carbocycles. The molecule has 0 radical (unpaired) electrons. The number of nitrogens with two attached hydrogens (primary N) is 1. The van der Waals surface area contributed by atoms with E-state index in [1.54, 1.807) is 18.2 Å². The summed E-state index contributed by atoms with van der Waals surface area (Å²) in [5.74, 6) is -0.442. The van der Waals surface area contributed by atoms with E-state index in [1.165, 1.54) is 0 Å². The lowest BCUT2D eigenvalue weighted by atomic mass is 10.1. The Balaban J connectivity index is 2.68. The zero-order chi connectivity index (χ0) is 8.72. The van der Waals surface area contributed by atoms with Crippen LogP contribution < -0.4 is 5.73 Å². The lowest BCUT2D eigenvalue weighted by molar-refractivity contribution is -0.107. The van der Waals surface area contributed by atoms with Crippen molar-refractivity contribution in [2.45, 2.75) is 4.90 Å². The van der Waals surface area contributed by atoms with Gasteiger partial charge in [-0.1, -0.05) is 6.07 Å². The topological polar surface area (TPSA) is 60.2 Å². The van der Waals surface area contributed by atoms with Crippen molar-refractivity contribution >= 4 is 28.3 Å². The van der Waals surface area contributed by atoms with E-state index in [9.17, 15) is 9.59 Å². The van der Waals surface area contributed by atoms with Gasteiger partial charge in [0.2, 0.25) is 5.78 Å². The molecule has 1 aromatic rings. The van der Waals surface area contributed by atoms with E-state index in [4.69, 9.17) is 5.73 Å².